The van der Waals surface area contributed by atoms with Crippen molar-refractivity contribution in [1.29, 1.82) is 0 Å². The Bertz CT molecular complexity index is 1010. The van der Waals surface area contributed by atoms with Crippen molar-refractivity contribution in [3.8, 4) is 11.5 Å². The van der Waals surface area contributed by atoms with Crippen LogP contribution in [0.25, 0.3) is 10.8 Å². The van der Waals surface area contributed by atoms with Crippen molar-refractivity contribution < 1.29 is 14.3 Å². The number of methoxy groups -OCH3 is 2. The molecule has 0 spiro atoms. The molecule has 0 saturated heterocycles. The van der Waals surface area contributed by atoms with Crippen molar-refractivity contribution in [2.75, 3.05) is 19.5 Å². The molecule has 6 nitrogen and oxygen atoms in total. The average Bonchev–Trinajstić information content (AvgIpc) is 2.67. The number of hydrogen-bond acceptors (Lipinski definition) is 4. The van der Waals surface area contributed by atoms with Crippen LogP contribution in [-0.2, 0) is 4.79 Å². The van der Waals surface area contributed by atoms with Crippen LogP contribution in [0.2, 0.25) is 0 Å². The Kier molecular flexibility index (Phi) is 4.93. The zero-order valence-electron chi connectivity index (χ0n) is 14.9. The number of amides is 1. The molecule has 6 heteroatoms. The van der Waals surface area contributed by atoms with Gasteiger partial charge in [-0.15, -0.1) is 0 Å². The fraction of sp³-hybridized carbons (Fsp3) is 0.200. The lowest BCUT2D eigenvalue weighted by Gasteiger charge is -2.16. The second-order valence-electron chi connectivity index (χ2n) is 5.85. The summed E-state index contributed by atoms with van der Waals surface area (Å²) in [5.74, 6) is 0.791. The number of ether oxygens (including phenoxy) is 2. The van der Waals surface area contributed by atoms with Crippen LogP contribution in [0.15, 0.2) is 59.5 Å². The zero-order valence-corrected chi connectivity index (χ0v) is 14.9. The molecule has 1 unspecified atom stereocenters. The van der Waals surface area contributed by atoms with E-state index in [2.05, 4.69) is 5.32 Å². The minimum Gasteiger partial charge on any atom is -0.493 e. The molecule has 0 aliphatic heterocycles. The first-order valence-corrected chi connectivity index (χ1v) is 8.18. The van der Waals surface area contributed by atoms with Gasteiger partial charge in [0.25, 0.3) is 5.56 Å². The highest BCUT2D eigenvalue weighted by Gasteiger charge is 2.18. The topological polar surface area (TPSA) is 69.6 Å². The van der Waals surface area contributed by atoms with Gasteiger partial charge in [0.2, 0.25) is 5.91 Å². The number of nitrogens with one attached hydrogen (secondary N) is 1. The molecule has 0 saturated carbocycles. The van der Waals surface area contributed by atoms with Crippen LogP contribution in [0.4, 0.5) is 5.69 Å². The molecule has 1 aromatic heterocycles. The van der Waals surface area contributed by atoms with Gasteiger partial charge in [0, 0.05) is 23.3 Å². The molecule has 1 atom stereocenters. The minimum absolute atomic E-state index is 0.196. The van der Waals surface area contributed by atoms with Gasteiger partial charge in [0.1, 0.15) is 6.04 Å². The Morgan fingerprint density at radius 3 is 2.50 bits per heavy atom. The van der Waals surface area contributed by atoms with Crippen molar-refractivity contribution in [3.05, 3.63) is 65.1 Å². The first-order chi connectivity index (χ1) is 12.5. The van der Waals surface area contributed by atoms with Crippen LogP contribution in [-0.4, -0.2) is 24.7 Å². The molecule has 3 rings (SSSR count). The van der Waals surface area contributed by atoms with Gasteiger partial charge in [0.15, 0.2) is 11.5 Å². The summed E-state index contributed by atoms with van der Waals surface area (Å²) in [5.41, 5.74) is 0.367. The second kappa shape index (κ2) is 7.31. The summed E-state index contributed by atoms with van der Waals surface area (Å²) in [6, 6.07) is 13.6. The number of rotatable bonds is 5. The highest BCUT2D eigenvalue weighted by molar-refractivity contribution is 5.94. The summed E-state index contributed by atoms with van der Waals surface area (Å²) in [4.78, 5) is 25.3. The molecule has 0 aliphatic carbocycles. The summed E-state index contributed by atoms with van der Waals surface area (Å²) in [6.07, 6.45) is 1.64. The van der Waals surface area contributed by atoms with Crippen molar-refractivity contribution >= 4 is 22.4 Å². The number of hydrogen-bond donors (Lipinski definition) is 1. The predicted octanol–water partition coefficient (Wildman–Crippen LogP) is 3.22. The second-order valence-corrected chi connectivity index (χ2v) is 5.85. The van der Waals surface area contributed by atoms with Crippen molar-refractivity contribution in [3.63, 3.8) is 0 Å². The number of benzene rings is 2. The zero-order chi connectivity index (χ0) is 18.7. The van der Waals surface area contributed by atoms with Crippen molar-refractivity contribution in [1.82, 2.24) is 4.57 Å². The lowest BCUT2D eigenvalue weighted by atomic mass is 10.1. The monoisotopic (exact) mass is 352 g/mol. The van der Waals surface area contributed by atoms with Crippen molar-refractivity contribution in [2.24, 2.45) is 0 Å². The maximum Gasteiger partial charge on any atom is 0.259 e. The largest absolute Gasteiger partial charge is 0.493 e. The summed E-state index contributed by atoms with van der Waals surface area (Å²) in [5, 5.41) is 4.24. The first-order valence-electron chi connectivity index (χ1n) is 8.18. The molecule has 1 N–H and O–H groups in total. The van der Waals surface area contributed by atoms with Gasteiger partial charge in [-0.2, -0.15) is 0 Å². The van der Waals surface area contributed by atoms with E-state index in [0.29, 0.717) is 22.6 Å². The number of carbonyl (C=O) groups is 1. The third-order valence-corrected chi connectivity index (χ3v) is 4.29. The average molecular weight is 352 g/mol. The number of nitrogens with zero attached hydrogens (tertiary/aromatic N) is 1. The summed E-state index contributed by atoms with van der Waals surface area (Å²) in [7, 11) is 3.07. The lowest BCUT2D eigenvalue weighted by Crippen LogP contribution is -2.31. The quantitative estimate of drug-likeness (QED) is 0.765. The first kappa shape index (κ1) is 17.5. The van der Waals surface area contributed by atoms with E-state index in [1.807, 2.05) is 24.3 Å². The summed E-state index contributed by atoms with van der Waals surface area (Å²) < 4.78 is 11.9. The van der Waals surface area contributed by atoms with E-state index < -0.39 is 6.04 Å². The van der Waals surface area contributed by atoms with Crippen LogP contribution in [0.3, 0.4) is 0 Å². The minimum atomic E-state index is -0.666. The van der Waals surface area contributed by atoms with Crippen LogP contribution >= 0.6 is 0 Å². The Labute approximate surface area is 151 Å². The number of pyridine rings is 1. The molecule has 0 fully saturated rings. The van der Waals surface area contributed by atoms with Crippen LogP contribution < -0.4 is 20.3 Å². The smallest absolute Gasteiger partial charge is 0.259 e. The normalized spacial score (nSPS) is 11.8. The molecule has 0 radical (unpaired) electrons. The number of anilines is 1. The fourth-order valence-corrected chi connectivity index (χ4v) is 2.80. The number of carbonyl (C=O) groups excluding carboxylic acids is 1. The molecular formula is C20H20N2O4. The van der Waals surface area contributed by atoms with Gasteiger partial charge >= 0.3 is 0 Å². The lowest BCUT2D eigenvalue weighted by molar-refractivity contribution is -0.118. The number of aromatic nitrogens is 1. The maximum atomic E-state index is 12.7. The molecule has 3 aromatic rings. The highest BCUT2D eigenvalue weighted by atomic mass is 16.5. The third-order valence-electron chi connectivity index (χ3n) is 4.29. The summed E-state index contributed by atoms with van der Waals surface area (Å²) in [6.45, 7) is 1.69. The molecule has 134 valence electrons. The van der Waals surface area contributed by atoms with Gasteiger partial charge in [-0.05, 0) is 36.6 Å². The van der Waals surface area contributed by atoms with Crippen LogP contribution in [0.5, 0.6) is 11.5 Å². The van der Waals surface area contributed by atoms with Crippen molar-refractivity contribution in [2.45, 2.75) is 13.0 Å². The summed E-state index contributed by atoms with van der Waals surface area (Å²) >= 11 is 0. The van der Waals surface area contributed by atoms with Gasteiger partial charge in [-0.25, -0.2) is 0 Å². The highest BCUT2D eigenvalue weighted by Crippen LogP contribution is 2.30. The Morgan fingerprint density at radius 2 is 1.77 bits per heavy atom. The van der Waals surface area contributed by atoms with Gasteiger partial charge in [-0.1, -0.05) is 18.2 Å². The van der Waals surface area contributed by atoms with E-state index in [0.717, 1.165) is 5.39 Å². The molecule has 2 aromatic carbocycles. The Morgan fingerprint density at radius 1 is 1.04 bits per heavy atom. The maximum absolute atomic E-state index is 12.7. The number of fused-ring (bicyclic) bond motifs is 1. The van der Waals surface area contributed by atoms with E-state index in [9.17, 15) is 9.59 Å². The van der Waals surface area contributed by atoms with E-state index >= 15 is 0 Å². The van der Waals surface area contributed by atoms with Crippen LogP contribution in [0.1, 0.15) is 13.0 Å². The van der Waals surface area contributed by atoms with E-state index in [4.69, 9.17) is 9.47 Å². The van der Waals surface area contributed by atoms with E-state index in [-0.39, 0.29) is 11.5 Å². The molecule has 26 heavy (non-hydrogen) atoms. The van der Waals surface area contributed by atoms with Gasteiger partial charge < -0.3 is 19.4 Å². The van der Waals surface area contributed by atoms with E-state index in [1.54, 1.807) is 44.5 Å². The Balaban J connectivity index is 1.87. The predicted molar refractivity (Wildman–Crippen MR) is 101 cm³/mol. The third kappa shape index (κ3) is 3.26. The Hall–Kier alpha value is -3.28. The van der Waals surface area contributed by atoms with E-state index in [1.165, 1.54) is 11.7 Å². The SMILES string of the molecule is COc1ccc(NC(=O)C(C)n2ccc3ccccc3c2=O)cc1OC. The molecular weight excluding hydrogens is 332 g/mol. The van der Waals surface area contributed by atoms with Gasteiger partial charge in [0.05, 0.1) is 14.2 Å². The molecule has 1 amide bonds. The fourth-order valence-electron chi connectivity index (χ4n) is 2.80. The molecule has 0 aliphatic rings. The van der Waals surface area contributed by atoms with Gasteiger partial charge in [-0.3, -0.25) is 9.59 Å². The standard InChI is InChI=1S/C20H20N2O4/c1-13(22-11-10-14-6-4-5-7-16(14)20(22)24)19(23)21-15-8-9-17(25-2)18(12-15)26-3/h4-13H,1-3H3,(H,21,23). The molecule has 1 heterocycles. The molecule has 0 bridgehead atoms. The van der Waals surface area contributed by atoms with Crippen LogP contribution in [0, 0.1) is 0 Å².